The largest absolute Gasteiger partial charge is 0.389 e. The topological polar surface area (TPSA) is 23.5 Å². The standard InChI is InChI=1S/C14H22FNOS/c1-5-12(9-18-4)16(3)14-7-6-11(10(2)17)8-13(14)15/h6-8,10,12,17H,5,9H2,1-4H3/t10-,12?/m1/s1. The van der Waals surface area contributed by atoms with Crippen LogP contribution in [0.4, 0.5) is 10.1 Å². The van der Waals surface area contributed by atoms with E-state index in [1.54, 1.807) is 30.8 Å². The van der Waals surface area contributed by atoms with Gasteiger partial charge in [-0.3, -0.25) is 0 Å². The molecule has 2 nitrogen and oxygen atoms in total. The van der Waals surface area contributed by atoms with Gasteiger partial charge in [-0.2, -0.15) is 11.8 Å². The molecule has 0 aliphatic rings. The molecule has 0 spiro atoms. The summed E-state index contributed by atoms with van der Waals surface area (Å²) in [6.07, 6.45) is 2.41. The quantitative estimate of drug-likeness (QED) is 0.857. The predicted molar refractivity (Wildman–Crippen MR) is 77.9 cm³/mol. The average molecular weight is 271 g/mol. The highest BCUT2D eigenvalue weighted by Gasteiger charge is 2.16. The van der Waals surface area contributed by atoms with Crippen molar-refractivity contribution in [2.45, 2.75) is 32.4 Å². The molecule has 0 radical (unpaired) electrons. The second kappa shape index (κ2) is 7.00. The Balaban J connectivity index is 2.95. The van der Waals surface area contributed by atoms with Gasteiger partial charge in [0.15, 0.2) is 0 Å². The van der Waals surface area contributed by atoms with Crippen LogP contribution in [0.3, 0.4) is 0 Å². The minimum absolute atomic E-state index is 0.268. The molecule has 1 aromatic rings. The SMILES string of the molecule is CCC(CSC)N(C)c1ccc([C@@H](C)O)cc1F. The normalized spacial score (nSPS) is 14.3. The number of anilines is 1. The molecule has 0 saturated heterocycles. The molecule has 2 atom stereocenters. The highest BCUT2D eigenvalue weighted by Crippen LogP contribution is 2.25. The fraction of sp³-hybridized carbons (Fsp3) is 0.571. The van der Waals surface area contributed by atoms with E-state index in [9.17, 15) is 9.50 Å². The highest BCUT2D eigenvalue weighted by atomic mass is 32.2. The summed E-state index contributed by atoms with van der Waals surface area (Å²) in [6, 6.07) is 5.28. The van der Waals surface area contributed by atoms with Crippen LogP contribution in [0.1, 0.15) is 31.9 Å². The van der Waals surface area contributed by atoms with Crippen LogP contribution in [0.15, 0.2) is 18.2 Å². The van der Waals surface area contributed by atoms with Crippen molar-refractivity contribution in [3.8, 4) is 0 Å². The van der Waals surface area contributed by atoms with Gasteiger partial charge in [-0.25, -0.2) is 4.39 Å². The molecule has 1 unspecified atom stereocenters. The second-order valence-corrected chi connectivity index (χ2v) is 5.43. The lowest BCUT2D eigenvalue weighted by Crippen LogP contribution is -2.33. The van der Waals surface area contributed by atoms with Gasteiger partial charge in [0.1, 0.15) is 5.82 Å². The van der Waals surface area contributed by atoms with E-state index in [-0.39, 0.29) is 5.82 Å². The van der Waals surface area contributed by atoms with E-state index in [4.69, 9.17) is 0 Å². The Labute approximate surface area is 113 Å². The maximum absolute atomic E-state index is 14.0. The lowest BCUT2D eigenvalue weighted by atomic mass is 10.1. The number of rotatable bonds is 6. The van der Waals surface area contributed by atoms with E-state index in [2.05, 4.69) is 13.2 Å². The first-order valence-electron chi connectivity index (χ1n) is 6.20. The monoisotopic (exact) mass is 271 g/mol. The molecule has 0 amide bonds. The lowest BCUT2D eigenvalue weighted by Gasteiger charge is -2.29. The van der Waals surface area contributed by atoms with Gasteiger partial charge < -0.3 is 10.0 Å². The minimum atomic E-state index is -0.632. The van der Waals surface area contributed by atoms with E-state index >= 15 is 0 Å². The number of hydrogen-bond donors (Lipinski definition) is 1. The summed E-state index contributed by atoms with van der Waals surface area (Å²) in [5, 5.41) is 9.43. The third-order valence-corrected chi connectivity index (χ3v) is 3.93. The first-order valence-corrected chi connectivity index (χ1v) is 7.59. The summed E-state index contributed by atoms with van der Waals surface area (Å²) in [4.78, 5) is 1.98. The summed E-state index contributed by atoms with van der Waals surface area (Å²) < 4.78 is 14.0. The summed E-state index contributed by atoms with van der Waals surface area (Å²) in [7, 11) is 1.92. The molecule has 0 bridgehead atoms. The Morgan fingerprint density at radius 2 is 2.11 bits per heavy atom. The Morgan fingerprint density at radius 1 is 1.44 bits per heavy atom. The maximum atomic E-state index is 14.0. The number of aliphatic hydroxyl groups excluding tert-OH is 1. The van der Waals surface area contributed by atoms with Gasteiger partial charge in [-0.05, 0) is 37.3 Å². The molecule has 1 aromatic carbocycles. The fourth-order valence-electron chi connectivity index (χ4n) is 1.96. The molecule has 0 aliphatic heterocycles. The third kappa shape index (κ3) is 3.62. The van der Waals surface area contributed by atoms with E-state index in [1.807, 2.05) is 11.9 Å². The molecular formula is C14H22FNOS. The number of benzene rings is 1. The lowest BCUT2D eigenvalue weighted by molar-refractivity contribution is 0.199. The van der Waals surface area contributed by atoms with Gasteiger partial charge in [0, 0.05) is 18.8 Å². The van der Waals surface area contributed by atoms with Crippen molar-refractivity contribution in [2.75, 3.05) is 24.0 Å². The maximum Gasteiger partial charge on any atom is 0.146 e. The first-order chi connectivity index (χ1) is 8.51. The molecule has 1 rings (SSSR count). The zero-order valence-electron chi connectivity index (χ0n) is 11.5. The van der Waals surface area contributed by atoms with Crippen LogP contribution in [-0.4, -0.2) is 30.2 Å². The Hall–Kier alpha value is -0.740. The van der Waals surface area contributed by atoms with Crippen molar-refractivity contribution in [3.05, 3.63) is 29.6 Å². The molecular weight excluding hydrogens is 249 g/mol. The fourth-order valence-corrected chi connectivity index (χ4v) is 2.81. The molecule has 0 aliphatic carbocycles. The summed E-state index contributed by atoms with van der Waals surface area (Å²) in [6.45, 7) is 3.75. The van der Waals surface area contributed by atoms with Crippen LogP contribution in [0.25, 0.3) is 0 Å². The van der Waals surface area contributed by atoms with Gasteiger partial charge in [-0.15, -0.1) is 0 Å². The number of aliphatic hydroxyl groups is 1. The van der Waals surface area contributed by atoms with Gasteiger partial charge in [0.25, 0.3) is 0 Å². The van der Waals surface area contributed by atoms with Crippen LogP contribution in [0.5, 0.6) is 0 Å². The molecule has 0 heterocycles. The second-order valence-electron chi connectivity index (χ2n) is 4.52. The van der Waals surface area contributed by atoms with Crippen LogP contribution < -0.4 is 4.90 Å². The minimum Gasteiger partial charge on any atom is -0.389 e. The van der Waals surface area contributed by atoms with Gasteiger partial charge in [0.2, 0.25) is 0 Å². The van der Waals surface area contributed by atoms with Gasteiger partial charge in [-0.1, -0.05) is 13.0 Å². The van der Waals surface area contributed by atoms with Crippen molar-refractivity contribution in [3.63, 3.8) is 0 Å². The Morgan fingerprint density at radius 3 is 2.56 bits per heavy atom. The first kappa shape index (κ1) is 15.3. The van der Waals surface area contributed by atoms with Crippen LogP contribution in [0.2, 0.25) is 0 Å². The van der Waals surface area contributed by atoms with Crippen molar-refractivity contribution in [1.82, 2.24) is 0 Å². The van der Waals surface area contributed by atoms with E-state index < -0.39 is 6.10 Å². The summed E-state index contributed by atoms with van der Waals surface area (Å²) in [5.41, 5.74) is 1.21. The number of thioether (sulfide) groups is 1. The van der Waals surface area contributed by atoms with E-state index in [1.165, 1.54) is 6.07 Å². The molecule has 1 N–H and O–H groups in total. The van der Waals surface area contributed by atoms with Gasteiger partial charge in [0.05, 0.1) is 11.8 Å². The smallest absolute Gasteiger partial charge is 0.146 e. The Kier molecular flexibility index (Phi) is 5.96. The number of halogens is 1. The Bertz CT molecular complexity index is 384. The van der Waals surface area contributed by atoms with Crippen molar-refractivity contribution >= 4 is 17.4 Å². The molecule has 18 heavy (non-hydrogen) atoms. The number of hydrogen-bond acceptors (Lipinski definition) is 3. The van der Waals surface area contributed by atoms with Crippen molar-refractivity contribution in [2.24, 2.45) is 0 Å². The predicted octanol–water partition coefficient (Wildman–Crippen LogP) is 3.46. The van der Waals surface area contributed by atoms with Crippen LogP contribution >= 0.6 is 11.8 Å². The van der Waals surface area contributed by atoms with Crippen LogP contribution in [-0.2, 0) is 0 Å². The van der Waals surface area contributed by atoms with Crippen LogP contribution in [0, 0.1) is 5.82 Å². The van der Waals surface area contributed by atoms with E-state index in [0.29, 0.717) is 17.3 Å². The van der Waals surface area contributed by atoms with Crippen molar-refractivity contribution < 1.29 is 9.50 Å². The van der Waals surface area contributed by atoms with Gasteiger partial charge >= 0.3 is 0 Å². The summed E-state index contributed by atoms with van der Waals surface area (Å²) in [5.74, 6) is 0.709. The van der Waals surface area contributed by atoms with Crippen molar-refractivity contribution in [1.29, 1.82) is 0 Å². The third-order valence-electron chi connectivity index (χ3n) is 3.21. The molecule has 102 valence electrons. The highest BCUT2D eigenvalue weighted by molar-refractivity contribution is 7.98. The number of nitrogens with zero attached hydrogens (tertiary/aromatic N) is 1. The molecule has 4 heteroatoms. The summed E-state index contributed by atoms with van der Waals surface area (Å²) >= 11 is 1.77. The molecule has 0 saturated carbocycles. The zero-order valence-corrected chi connectivity index (χ0v) is 12.3. The zero-order chi connectivity index (χ0) is 13.7. The molecule has 0 fully saturated rings. The molecule has 0 aromatic heterocycles. The average Bonchev–Trinajstić information content (AvgIpc) is 2.34. The van der Waals surface area contributed by atoms with E-state index in [0.717, 1.165) is 12.2 Å².